The summed E-state index contributed by atoms with van der Waals surface area (Å²) >= 11 is 0. The number of benzene rings is 2. The SMILES string of the molecule is CC(C)CN(C(=O)c1ccc(C2CCN(C(=O)CC(C)(C)C(=O)O)CC2)cc1)c1ccccc1. The predicted octanol–water partition coefficient (Wildman–Crippen LogP) is 5.20. The molecule has 0 saturated carbocycles. The molecule has 2 amide bonds. The molecule has 3 rings (SSSR count). The monoisotopic (exact) mass is 464 g/mol. The van der Waals surface area contributed by atoms with Gasteiger partial charge in [0.2, 0.25) is 5.91 Å². The van der Waals surface area contributed by atoms with Crippen molar-refractivity contribution in [2.24, 2.45) is 11.3 Å². The highest BCUT2D eigenvalue weighted by molar-refractivity contribution is 6.06. The fourth-order valence-electron chi connectivity index (χ4n) is 4.36. The Labute approximate surface area is 202 Å². The molecule has 1 fully saturated rings. The third-order valence-corrected chi connectivity index (χ3v) is 6.51. The zero-order valence-electron chi connectivity index (χ0n) is 20.7. The summed E-state index contributed by atoms with van der Waals surface area (Å²) in [7, 11) is 0. The average molecular weight is 465 g/mol. The molecule has 0 aliphatic carbocycles. The van der Waals surface area contributed by atoms with E-state index in [1.807, 2.05) is 59.5 Å². The number of hydrogen-bond donors (Lipinski definition) is 1. The lowest BCUT2D eigenvalue weighted by atomic mass is 9.86. The minimum absolute atomic E-state index is 0.00656. The van der Waals surface area contributed by atoms with E-state index in [0.29, 0.717) is 37.0 Å². The molecule has 182 valence electrons. The lowest BCUT2D eigenvalue weighted by molar-refractivity contribution is -0.151. The molecule has 6 heteroatoms. The molecule has 1 aliphatic heterocycles. The molecule has 0 radical (unpaired) electrons. The lowest BCUT2D eigenvalue weighted by Gasteiger charge is -2.34. The average Bonchev–Trinajstić information content (AvgIpc) is 2.82. The van der Waals surface area contributed by atoms with Crippen molar-refractivity contribution >= 4 is 23.5 Å². The molecule has 0 atom stereocenters. The van der Waals surface area contributed by atoms with Crippen LogP contribution in [0.25, 0.3) is 0 Å². The highest BCUT2D eigenvalue weighted by Crippen LogP contribution is 2.30. The van der Waals surface area contributed by atoms with Gasteiger partial charge in [-0.2, -0.15) is 0 Å². The summed E-state index contributed by atoms with van der Waals surface area (Å²) < 4.78 is 0. The van der Waals surface area contributed by atoms with Crippen molar-refractivity contribution in [2.75, 3.05) is 24.5 Å². The number of carbonyl (C=O) groups excluding carboxylic acids is 2. The van der Waals surface area contributed by atoms with E-state index < -0.39 is 11.4 Å². The molecule has 0 bridgehead atoms. The summed E-state index contributed by atoms with van der Waals surface area (Å²) in [6.45, 7) is 9.27. The predicted molar refractivity (Wildman–Crippen MR) is 134 cm³/mol. The van der Waals surface area contributed by atoms with Crippen LogP contribution in [-0.2, 0) is 9.59 Å². The molecule has 0 unspecified atom stereocenters. The Bertz CT molecular complexity index is 991. The molecule has 1 N–H and O–H groups in total. The third kappa shape index (κ3) is 6.25. The van der Waals surface area contributed by atoms with Crippen LogP contribution in [-0.4, -0.2) is 47.4 Å². The Hall–Kier alpha value is -3.15. The number of nitrogens with zero attached hydrogens (tertiary/aromatic N) is 2. The number of para-hydroxylation sites is 1. The van der Waals surface area contributed by atoms with Crippen molar-refractivity contribution in [3.63, 3.8) is 0 Å². The van der Waals surface area contributed by atoms with Crippen LogP contribution in [0.1, 0.15) is 68.8 Å². The molecule has 0 spiro atoms. The van der Waals surface area contributed by atoms with Gasteiger partial charge in [-0.3, -0.25) is 14.4 Å². The van der Waals surface area contributed by atoms with Crippen molar-refractivity contribution in [3.8, 4) is 0 Å². The molecular weight excluding hydrogens is 428 g/mol. The van der Waals surface area contributed by atoms with Crippen molar-refractivity contribution in [2.45, 2.75) is 52.9 Å². The van der Waals surface area contributed by atoms with Gasteiger partial charge in [0, 0.05) is 37.3 Å². The van der Waals surface area contributed by atoms with Gasteiger partial charge >= 0.3 is 5.97 Å². The van der Waals surface area contributed by atoms with Gasteiger partial charge in [-0.25, -0.2) is 0 Å². The van der Waals surface area contributed by atoms with Crippen LogP contribution < -0.4 is 4.90 Å². The van der Waals surface area contributed by atoms with Crippen molar-refractivity contribution in [1.82, 2.24) is 4.90 Å². The number of likely N-dealkylation sites (tertiary alicyclic amines) is 1. The molecular formula is C28H36N2O4. The maximum absolute atomic E-state index is 13.3. The zero-order valence-corrected chi connectivity index (χ0v) is 20.7. The first kappa shape index (κ1) is 25.5. The highest BCUT2D eigenvalue weighted by Gasteiger charge is 2.33. The van der Waals surface area contributed by atoms with E-state index in [1.54, 1.807) is 18.7 Å². The van der Waals surface area contributed by atoms with Crippen LogP contribution in [0.5, 0.6) is 0 Å². The molecule has 0 aromatic heterocycles. The normalized spacial score (nSPS) is 14.8. The second-order valence-corrected chi connectivity index (χ2v) is 10.3. The standard InChI is InChI=1S/C28H36N2O4/c1-20(2)19-30(24-8-6-5-7-9-24)26(32)23-12-10-21(11-13-23)22-14-16-29(17-15-22)25(31)18-28(3,4)27(33)34/h5-13,20,22H,14-19H2,1-4H3,(H,33,34). The Kier molecular flexibility index (Phi) is 8.13. The summed E-state index contributed by atoms with van der Waals surface area (Å²) in [5.74, 6) is -0.394. The number of carbonyl (C=O) groups is 3. The summed E-state index contributed by atoms with van der Waals surface area (Å²) in [4.78, 5) is 40.8. The summed E-state index contributed by atoms with van der Waals surface area (Å²) in [5, 5.41) is 9.28. The van der Waals surface area contributed by atoms with E-state index in [4.69, 9.17) is 0 Å². The van der Waals surface area contributed by atoms with E-state index in [0.717, 1.165) is 18.5 Å². The first-order valence-corrected chi connectivity index (χ1v) is 12.1. The first-order chi connectivity index (χ1) is 16.1. The number of amides is 2. The summed E-state index contributed by atoms with van der Waals surface area (Å²) in [5.41, 5.74) is 1.68. The Morgan fingerprint density at radius 1 is 1.00 bits per heavy atom. The maximum Gasteiger partial charge on any atom is 0.309 e. The van der Waals surface area contributed by atoms with Gasteiger partial charge in [-0.05, 0) is 68.4 Å². The van der Waals surface area contributed by atoms with Crippen molar-refractivity contribution < 1.29 is 19.5 Å². The Morgan fingerprint density at radius 2 is 1.59 bits per heavy atom. The Balaban J connectivity index is 1.63. The molecule has 1 aliphatic rings. The van der Waals surface area contributed by atoms with Gasteiger partial charge in [0.25, 0.3) is 5.91 Å². The number of piperidine rings is 1. The molecule has 2 aromatic rings. The Morgan fingerprint density at radius 3 is 2.12 bits per heavy atom. The minimum atomic E-state index is -1.06. The second-order valence-electron chi connectivity index (χ2n) is 10.3. The maximum atomic E-state index is 13.3. The number of carboxylic acids is 1. The minimum Gasteiger partial charge on any atom is -0.481 e. The fourth-order valence-corrected chi connectivity index (χ4v) is 4.36. The first-order valence-electron chi connectivity index (χ1n) is 12.1. The quantitative estimate of drug-likeness (QED) is 0.583. The summed E-state index contributed by atoms with van der Waals surface area (Å²) in [6.07, 6.45) is 1.67. The number of carboxylic acid groups (broad SMARTS) is 1. The molecule has 34 heavy (non-hydrogen) atoms. The lowest BCUT2D eigenvalue weighted by Crippen LogP contribution is -2.41. The van der Waals surface area contributed by atoms with Crippen LogP contribution in [0.4, 0.5) is 5.69 Å². The van der Waals surface area contributed by atoms with Gasteiger partial charge in [0.1, 0.15) is 0 Å². The van der Waals surface area contributed by atoms with Gasteiger partial charge in [0.15, 0.2) is 0 Å². The molecule has 6 nitrogen and oxygen atoms in total. The fraction of sp³-hybridized carbons (Fsp3) is 0.464. The van der Waals surface area contributed by atoms with Crippen molar-refractivity contribution in [1.29, 1.82) is 0 Å². The van der Waals surface area contributed by atoms with E-state index in [2.05, 4.69) is 13.8 Å². The van der Waals surface area contributed by atoms with Crippen LogP contribution in [0.3, 0.4) is 0 Å². The van der Waals surface area contributed by atoms with Crippen LogP contribution in [0.15, 0.2) is 54.6 Å². The topological polar surface area (TPSA) is 77.9 Å². The van der Waals surface area contributed by atoms with E-state index >= 15 is 0 Å². The largest absolute Gasteiger partial charge is 0.481 e. The number of rotatable bonds is 8. The van der Waals surface area contributed by atoms with Crippen LogP contribution in [0.2, 0.25) is 0 Å². The van der Waals surface area contributed by atoms with E-state index in [9.17, 15) is 19.5 Å². The van der Waals surface area contributed by atoms with Crippen molar-refractivity contribution in [3.05, 3.63) is 65.7 Å². The van der Waals surface area contributed by atoms with E-state index in [1.165, 1.54) is 5.56 Å². The van der Waals surface area contributed by atoms with Crippen LogP contribution in [0, 0.1) is 11.3 Å². The molecule has 2 aromatic carbocycles. The van der Waals surface area contributed by atoms with E-state index in [-0.39, 0.29) is 18.2 Å². The smallest absolute Gasteiger partial charge is 0.309 e. The van der Waals surface area contributed by atoms with Crippen LogP contribution >= 0.6 is 0 Å². The molecule has 1 heterocycles. The second kappa shape index (κ2) is 10.9. The number of anilines is 1. The number of aliphatic carboxylic acids is 1. The van der Waals surface area contributed by atoms with Gasteiger partial charge in [-0.15, -0.1) is 0 Å². The van der Waals surface area contributed by atoms with Gasteiger partial charge in [0.05, 0.1) is 5.41 Å². The van der Waals surface area contributed by atoms with Gasteiger partial charge in [-0.1, -0.05) is 44.2 Å². The zero-order chi connectivity index (χ0) is 24.9. The van der Waals surface area contributed by atoms with Gasteiger partial charge < -0.3 is 14.9 Å². The molecule has 1 saturated heterocycles. The highest BCUT2D eigenvalue weighted by atomic mass is 16.4. The number of hydrogen-bond acceptors (Lipinski definition) is 3. The summed E-state index contributed by atoms with van der Waals surface area (Å²) in [6, 6.07) is 17.6. The third-order valence-electron chi connectivity index (χ3n) is 6.51.